The van der Waals surface area contributed by atoms with Crippen molar-refractivity contribution < 1.29 is 18.3 Å². The highest BCUT2D eigenvalue weighted by molar-refractivity contribution is 5.99. The first-order chi connectivity index (χ1) is 17.0. The van der Waals surface area contributed by atoms with Gasteiger partial charge in [0.15, 0.2) is 11.6 Å². The zero-order chi connectivity index (χ0) is 24.2. The number of benzene rings is 3. The highest BCUT2D eigenvalue weighted by Crippen LogP contribution is 2.29. The number of anilines is 2. The van der Waals surface area contributed by atoms with E-state index in [1.54, 1.807) is 24.4 Å². The second-order valence-electron chi connectivity index (χ2n) is 8.33. The Balaban J connectivity index is 1.29. The Morgan fingerprint density at radius 3 is 2.46 bits per heavy atom. The van der Waals surface area contributed by atoms with E-state index in [1.807, 2.05) is 0 Å². The first kappa shape index (κ1) is 22.7. The third kappa shape index (κ3) is 5.70. The van der Waals surface area contributed by atoms with Gasteiger partial charge in [0.2, 0.25) is 0 Å². The minimum Gasteiger partial charge on any atom is -0.454 e. The number of hydrogen-bond donors (Lipinski definition) is 2. The molecule has 35 heavy (non-hydrogen) atoms. The van der Waals surface area contributed by atoms with E-state index in [4.69, 9.17) is 9.72 Å². The average molecular weight is 475 g/mol. The molecule has 1 fully saturated rings. The summed E-state index contributed by atoms with van der Waals surface area (Å²) in [6, 6.07) is 14.0. The highest BCUT2D eigenvalue weighted by atomic mass is 19.1. The first-order valence-electron chi connectivity index (χ1n) is 11.3. The summed E-state index contributed by atoms with van der Waals surface area (Å²) in [6.45, 7) is 2.87. The van der Waals surface area contributed by atoms with Crippen molar-refractivity contribution in [2.75, 3.05) is 23.7 Å². The maximum Gasteiger partial charge on any atom is 0.323 e. The number of nitrogens with zero attached hydrogens (tertiary/aromatic N) is 3. The molecule has 0 saturated carbocycles. The van der Waals surface area contributed by atoms with Gasteiger partial charge in [-0.2, -0.15) is 0 Å². The van der Waals surface area contributed by atoms with Gasteiger partial charge in [-0.15, -0.1) is 0 Å². The van der Waals surface area contributed by atoms with Crippen molar-refractivity contribution in [3.63, 3.8) is 0 Å². The maximum atomic E-state index is 14.5. The van der Waals surface area contributed by atoms with Crippen LogP contribution in [0.5, 0.6) is 11.5 Å². The van der Waals surface area contributed by atoms with Gasteiger partial charge in [-0.3, -0.25) is 9.88 Å². The van der Waals surface area contributed by atoms with E-state index in [9.17, 15) is 13.6 Å². The molecular formula is C26H23F2N5O2. The maximum absolute atomic E-state index is 14.5. The molecule has 9 heteroatoms. The fraction of sp³-hybridized carbons (Fsp3) is 0.192. The van der Waals surface area contributed by atoms with Crippen molar-refractivity contribution in [1.29, 1.82) is 0 Å². The van der Waals surface area contributed by atoms with Crippen LogP contribution in [0.15, 0.2) is 66.9 Å². The van der Waals surface area contributed by atoms with E-state index in [0.29, 0.717) is 22.6 Å². The number of ether oxygens (including phenoxy) is 1. The molecule has 5 rings (SSSR count). The number of carbonyl (C=O) groups excluding carboxylic acids is 1. The summed E-state index contributed by atoms with van der Waals surface area (Å²) in [4.78, 5) is 23.8. The Kier molecular flexibility index (Phi) is 6.49. The zero-order valence-corrected chi connectivity index (χ0v) is 18.8. The number of likely N-dealkylation sites (tertiary alicyclic amines) is 1. The van der Waals surface area contributed by atoms with Crippen molar-refractivity contribution in [3.05, 3.63) is 84.2 Å². The van der Waals surface area contributed by atoms with Crippen molar-refractivity contribution in [1.82, 2.24) is 14.9 Å². The second kappa shape index (κ2) is 10.0. The van der Waals surface area contributed by atoms with E-state index >= 15 is 0 Å². The predicted octanol–water partition coefficient (Wildman–Crippen LogP) is 5.94. The Bertz CT molecular complexity index is 1360. The molecule has 2 N–H and O–H groups in total. The summed E-state index contributed by atoms with van der Waals surface area (Å²) < 4.78 is 33.3. The van der Waals surface area contributed by atoms with Crippen molar-refractivity contribution in [2.24, 2.45) is 0 Å². The summed E-state index contributed by atoms with van der Waals surface area (Å²) in [5.74, 6) is -0.635. The molecular weight excluding hydrogens is 452 g/mol. The molecule has 0 aliphatic carbocycles. The van der Waals surface area contributed by atoms with Crippen LogP contribution in [-0.2, 0) is 6.54 Å². The molecule has 0 unspecified atom stereocenters. The van der Waals surface area contributed by atoms with Crippen molar-refractivity contribution >= 4 is 28.4 Å². The first-order valence-corrected chi connectivity index (χ1v) is 11.3. The number of halogens is 2. The van der Waals surface area contributed by atoms with E-state index in [2.05, 4.69) is 20.5 Å². The van der Waals surface area contributed by atoms with Crippen molar-refractivity contribution in [3.8, 4) is 11.5 Å². The number of rotatable bonds is 6. The normalized spacial score (nSPS) is 13.7. The minimum atomic E-state index is -0.580. The molecule has 1 aliphatic heterocycles. The van der Waals surface area contributed by atoms with Crippen LogP contribution < -0.4 is 15.4 Å². The lowest BCUT2D eigenvalue weighted by molar-refractivity contribution is 0.262. The molecule has 1 aliphatic rings. The topological polar surface area (TPSA) is 79.4 Å². The van der Waals surface area contributed by atoms with Gasteiger partial charge in [0.05, 0.1) is 22.9 Å². The summed E-state index contributed by atoms with van der Waals surface area (Å²) in [6.07, 6.45) is 4.19. The summed E-state index contributed by atoms with van der Waals surface area (Å²) in [5.41, 5.74) is 3.00. The molecule has 0 bridgehead atoms. The minimum absolute atomic E-state index is 0.0508. The molecule has 2 amide bonds. The lowest BCUT2D eigenvalue weighted by Crippen LogP contribution is -2.19. The Hall–Kier alpha value is -4.11. The van der Waals surface area contributed by atoms with Crippen molar-refractivity contribution in [2.45, 2.75) is 19.4 Å². The lowest BCUT2D eigenvalue weighted by Gasteiger charge is -2.14. The van der Waals surface area contributed by atoms with E-state index in [0.717, 1.165) is 30.8 Å². The smallest absolute Gasteiger partial charge is 0.323 e. The predicted molar refractivity (Wildman–Crippen MR) is 130 cm³/mol. The Labute approximate surface area is 200 Å². The number of hydrogen-bond acceptors (Lipinski definition) is 5. The van der Waals surface area contributed by atoms with Crippen LogP contribution in [0.4, 0.5) is 25.0 Å². The van der Waals surface area contributed by atoms with E-state index < -0.39 is 17.7 Å². The van der Waals surface area contributed by atoms with Crippen LogP contribution in [0.25, 0.3) is 11.0 Å². The largest absolute Gasteiger partial charge is 0.454 e. The SMILES string of the molecule is O=C(Nc1ccc(F)cc1)Nc1ccc(F)c(Oc2ccc3ncc(CN4CCCC4)nc3c2)c1. The third-order valence-electron chi connectivity index (χ3n) is 5.67. The summed E-state index contributed by atoms with van der Waals surface area (Å²) in [7, 11) is 0. The number of amides is 2. The molecule has 0 atom stereocenters. The van der Waals surface area contributed by atoms with Crippen LogP contribution in [0.3, 0.4) is 0 Å². The number of nitrogens with one attached hydrogen (secondary N) is 2. The van der Waals surface area contributed by atoms with Crippen LogP contribution in [0.2, 0.25) is 0 Å². The van der Waals surface area contributed by atoms with Crippen LogP contribution in [0, 0.1) is 11.6 Å². The number of fused-ring (bicyclic) bond motifs is 1. The van der Waals surface area contributed by atoms with Crippen LogP contribution in [-0.4, -0.2) is 34.0 Å². The van der Waals surface area contributed by atoms with Gasteiger partial charge >= 0.3 is 6.03 Å². The second-order valence-corrected chi connectivity index (χ2v) is 8.33. The van der Waals surface area contributed by atoms with Crippen LogP contribution in [0.1, 0.15) is 18.5 Å². The molecule has 0 radical (unpaired) electrons. The molecule has 7 nitrogen and oxygen atoms in total. The molecule has 1 aromatic heterocycles. The van der Waals surface area contributed by atoms with E-state index in [1.165, 1.54) is 55.3 Å². The molecule has 178 valence electrons. The summed E-state index contributed by atoms with van der Waals surface area (Å²) in [5, 5.41) is 5.19. The summed E-state index contributed by atoms with van der Waals surface area (Å²) >= 11 is 0. The number of urea groups is 1. The molecule has 3 aromatic carbocycles. The van der Waals surface area contributed by atoms with Gasteiger partial charge in [0.25, 0.3) is 0 Å². The standard InChI is InChI=1S/C26H23F2N5O2/c27-17-3-5-18(6-4-17)31-26(34)32-19-7-9-22(28)25(13-19)35-21-8-10-23-24(14-21)30-20(15-29-23)16-33-11-1-2-12-33/h3-10,13-15H,1-2,11-12,16H2,(H2,31,32,34). The van der Waals surface area contributed by atoms with Gasteiger partial charge in [0.1, 0.15) is 11.6 Å². The quantitative estimate of drug-likeness (QED) is 0.361. The Morgan fingerprint density at radius 1 is 0.914 bits per heavy atom. The fourth-order valence-electron chi connectivity index (χ4n) is 3.95. The Morgan fingerprint density at radius 2 is 1.66 bits per heavy atom. The van der Waals surface area contributed by atoms with Gasteiger partial charge < -0.3 is 15.4 Å². The van der Waals surface area contributed by atoms with Gasteiger partial charge in [-0.05, 0) is 74.5 Å². The van der Waals surface area contributed by atoms with Gasteiger partial charge in [-0.25, -0.2) is 18.6 Å². The molecule has 4 aromatic rings. The molecule has 2 heterocycles. The van der Waals surface area contributed by atoms with Crippen LogP contribution >= 0.6 is 0 Å². The van der Waals surface area contributed by atoms with Gasteiger partial charge in [-0.1, -0.05) is 0 Å². The number of carbonyl (C=O) groups is 1. The highest BCUT2D eigenvalue weighted by Gasteiger charge is 2.14. The zero-order valence-electron chi connectivity index (χ0n) is 18.8. The fourth-order valence-corrected chi connectivity index (χ4v) is 3.95. The van der Waals surface area contributed by atoms with Gasteiger partial charge in [0, 0.05) is 30.1 Å². The average Bonchev–Trinajstić information content (AvgIpc) is 3.35. The molecule has 1 saturated heterocycles. The van der Waals surface area contributed by atoms with E-state index in [-0.39, 0.29) is 5.75 Å². The monoisotopic (exact) mass is 475 g/mol. The molecule has 0 spiro atoms. The number of aromatic nitrogens is 2. The lowest BCUT2D eigenvalue weighted by atomic mass is 10.2. The third-order valence-corrected chi connectivity index (χ3v) is 5.67.